The first-order chi connectivity index (χ1) is 6.33. The van der Waals surface area contributed by atoms with Crippen LogP contribution in [0, 0.1) is 23.7 Å². The zero-order valence-electron chi connectivity index (χ0n) is 8.84. The van der Waals surface area contributed by atoms with Crippen LogP contribution in [0.25, 0.3) is 0 Å². The van der Waals surface area contributed by atoms with Gasteiger partial charge in [0.05, 0.1) is 0 Å². The minimum atomic E-state index is 0.774. The van der Waals surface area contributed by atoms with Crippen molar-refractivity contribution in [2.75, 3.05) is 6.54 Å². The van der Waals surface area contributed by atoms with E-state index in [1.54, 1.807) is 0 Å². The van der Waals surface area contributed by atoms with E-state index in [1.807, 2.05) is 0 Å². The molecule has 2 N–H and O–H groups in total. The van der Waals surface area contributed by atoms with Gasteiger partial charge in [-0.2, -0.15) is 0 Å². The van der Waals surface area contributed by atoms with Crippen molar-refractivity contribution >= 4 is 0 Å². The predicted octanol–water partition coefficient (Wildman–Crippen LogP) is 2.80. The summed E-state index contributed by atoms with van der Waals surface area (Å²) in [5.74, 6) is 3.84. The lowest BCUT2D eigenvalue weighted by atomic mass is 9.60. The van der Waals surface area contributed by atoms with Gasteiger partial charge >= 0.3 is 0 Å². The van der Waals surface area contributed by atoms with E-state index in [0.717, 1.165) is 30.2 Å². The van der Waals surface area contributed by atoms with Crippen LogP contribution in [0.15, 0.2) is 0 Å². The number of hydrogen-bond donors (Lipinski definition) is 1. The molecule has 2 fully saturated rings. The minimum absolute atomic E-state index is 0.774. The zero-order valence-corrected chi connectivity index (χ0v) is 8.84. The standard InChI is InChI=1S/C12H23N/c1-9(8-13)12(10-4-2-5-10)11-6-3-7-11/h9-12H,2-8,13H2,1H3/t9-/m0/s1. The Morgan fingerprint density at radius 1 is 1.08 bits per heavy atom. The second-order valence-electron chi connectivity index (χ2n) is 5.17. The summed E-state index contributed by atoms with van der Waals surface area (Å²) in [4.78, 5) is 0. The molecule has 0 bridgehead atoms. The average Bonchev–Trinajstić information content (AvgIpc) is 1.95. The zero-order chi connectivity index (χ0) is 9.26. The molecule has 0 saturated heterocycles. The van der Waals surface area contributed by atoms with Gasteiger partial charge in [0, 0.05) is 0 Å². The highest BCUT2D eigenvalue weighted by Gasteiger charge is 2.38. The summed E-state index contributed by atoms with van der Waals surface area (Å²) in [5, 5.41) is 0. The van der Waals surface area contributed by atoms with E-state index in [2.05, 4.69) is 6.92 Å². The summed E-state index contributed by atoms with van der Waals surface area (Å²) >= 11 is 0. The van der Waals surface area contributed by atoms with Crippen molar-refractivity contribution in [2.24, 2.45) is 29.4 Å². The van der Waals surface area contributed by atoms with Gasteiger partial charge in [0.1, 0.15) is 0 Å². The van der Waals surface area contributed by atoms with Crippen LogP contribution >= 0.6 is 0 Å². The fourth-order valence-electron chi connectivity index (χ4n) is 3.12. The van der Waals surface area contributed by atoms with Crippen molar-refractivity contribution in [1.29, 1.82) is 0 Å². The molecule has 2 aliphatic rings. The van der Waals surface area contributed by atoms with Gasteiger partial charge in [0.25, 0.3) is 0 Å². The lowest BCUT2D eigenvalue weighted by Gasteiger charge is -2.45. The summed E-state index contributed by atoms with van der Waals surface area (Å²) in [6.45, 7) is 3.26. The normalized spacial score (nSPS) is 27.0. The van der Waals surface area contributed by atoms with Crippen LogP contribution < -0.4 is 5.73 Å². The fraction of sp³-hybridized carbons (Fsp3) is 1.00. The van der Waals surface area contributed by atoms with E-state index in [9.17, 15) is 0 Å². The molecule has 0 heterocycles. The van der Waals surface area contributed by atoms with E-state index in [-0.39, 0.29) is 0 Å². The Hall–Kier alpha value is -0.0400. The van der Waals surface area contributed by atoms with E-state index < -0.39 is 0 Å². The van der Waals surface area contributed by atoms with Crippen LogP contribution in [0.3, 0.4) is 0 Å². The number of hydrogen-bond acceptors (Lipinski definition) is 1. The van der Waals surface area contributed by atoms with Crippen LogP contribution in [0.4, 0.5) is 0 Å². The smallest absolute Gasteiger partial charge is 0.00487 e. The lowest BCUT2D eigenvalue weighted by molar-refractivity contribution is 0.0533. The maximum Gasteiger partial charge on any atom is -0.00487 e. The van der Waals surface area contributed by atoms with Crippen LogP contribution in [-0.2, 0) is 0 Å². The molecule has 1 nitrogen and oxygen atoms in total. The highest BCUT2D eigenvalue weighted by atomic mass is 14.6. The Morgan fingerprint density at radius 3 is 1.77 bits per heavy atom. The van der Waals surface area contributed by atoms with E-state index in [1.165, 1.54) is 38.5 Å². The lowest BCUT2D eigenvalue weighted by Crippen LogP contribution is -2.38. The second-order valence-corrected chi connectivity index (χ2v) is 5.17. The molecule has 1 atom stereocenters. The van der Waals surface area contributed by atoms with E-state index in [0.29, 0.717) is 0 Å². The molecule has 0 aromatic rings. The Labute approximate surface area is 82.1 Å². The summed E-state index contributed by atoms with van der Waals surface area (Å²) in [7, 11) is 0. The van der Waals surface area contributed by atoms with Gasteiger partial charge in [-0.3, -0.25) is 0 Å². The maximum atomic E-state index is 5.81. The molecule has 0 aromatic heterocycles. The second kappa shape index (κ2) is 4.00. The molecule has 76 valence electrons. The van der Waals surface area contributed by atoms with Gasteiger partial charge in [-0.15, -0.1) is 0 Å². The number of rotatable bonds is 4. The van der Waals surface area contributed by atoms with Gasteiger partial charge in [-0.1, -0.05) is 45.4 Å². The molecule has 2 rings (SSSR count). The van der Waals surface area contributed by atoms with Crippen LogP contribution in [0.1, 0.15) is 45.4 Å². The Balaban J connectivity index is 1.92. The van der Waals surface area contributed by atoms with E-state index >= 15 is 0 Å². The van der Waals surface area contributed by atoms with Crippen molar-refractivity contribution in [2.45, 2.75) is 45.4 Å². The van der Waals surface area contributed by atoms with Crippen molar-refractivity contribution < 1.29 is 0 Å². The quantitative estimate of drug-likeness (QED) is 0.709. The Kier molecular flexibility index (Phi) is 2.92. The fourth-order valence-corrected chi connectivity index (χ4v) is 3.12. The Morgan fingerprint density at radius 2 is 1.54 bits per heavy atom. The molecular formula is C12H23N. The molecule has 0 amide bonds. The predicted molar refractivity (Wildman–Crippen MR) is 56.4 cm³/mol. The topological polar surface area (TPSA) is 26.0 Å². The van der Waals surface area contributed by atoms with Crippen molar-refractivity contribution in [3.8, 4) is 0 Å². The first-order valence-corrected chi connectivity index (χ1v) is 6.03. The highest BCUT2D eigenvalue weighted by molar-refractivity contribution is 4.89. The molecule has 13 heavy (non-hydrogen) atoms. The molecule has 2 aliphatic carbocycles. The third-order valence-electron chi connectivity index (χ3n) is 4.42. The first kappa shape index (κ1) is 9.51. The highest BCUT2D eigenvalue weighted by Crippen LogP contribution is 2.47. The summed E-state index contributed by atoms with van der Waals surface area (Å²) in [6.07, 6.45) is 8.92. The minimum Gasteiger partial charge on any atom is -0.330 e. The summed E-state index contributed by atoms with van der Waals surface area (Å²) in [5.41, 5.74) is 5.81. The van der Waals surface area contributed by atoms with Crippen LogP contribution in [0.2, 0.25) is 0 Å². The number of nitrogens with two attached hydrogens (primary N) is 1. The SMILES string of the molecule is C[C@@H](CN)C(C1CCC1)C1CCC1. The first-order valence-electron chi connectivity index (χ1n) is 6.03. The maximum absolute atomic E-state index is 5.81. The van der Waals surface area contributed by atoms with Gasteiger partial charge in [-0.25, -0.2) is 0 Å². The van der Waals surface area contributed by atoms with Gasteiger partial charge in [0.15, 0.2) is 0 Å². The van der Waals surface area contributed by atoms with Crippen molar-refractivity contribution in [3.05, 3.63) is 0 Å². The van der Waals surface area contributed by atoms with Crippen LogP contribution in [-0.4, -0.2) is 6.54 Å². The average molecular weight is 181 g/mol. The molecule has 0 spiro atoms. The Bertz CT molecular complexity index is 138. The molecular weight excluding hydrogens is 158 g/mol. The van der Waals surface area contributed by atoms with Gasteiger partial charge < -0.3 is 5.73 Å². The summed E-state index contributed by atoms with van der Waals surface area (Å²) < 4.78 is 0. The van der Waals surface area contributed by atoms with Crippen molar-refractivity contribution in [3.63, 3.8) is 0 Å². The summed E-state index contributed by atoms with van der Waals surface area (Å²) in [6, 6.07) is 0. The van der Waals surface area contributed by atoms with Crippen molar-refractivity contribution in [1.82, 2.24) is 0 Å². The molecule has 0 aliphatic heterocycles. The molecule has 1 heteroatoms. The molecule has 0 aromatic carbocycles. The van der Waals surface area contributed by atoms with Gasteiger partial charge in [0.2, 0.25) is 0 Å². The third kappa shape index (κ3) is 1.76. The molecule has 0 unspecified atom stereocenters. The van der Waals surface area contributed by atoms with Crippen LogP contribution in [0.5, 0.6) is 0 Å². The van der Waals surface area contributed by atoms with Gasteiger partial charge in [-0.05, 0) is 30.2 Å². The monoisotopic (exact) mass is 181 g/mol. The molecule has 2 saturated carbocycles. The molecule has 0 radical (unpaired) electrons. The largest absolute Gasteiger partial charge is 0.330 e. The third-order valence-corrected chi connectivity index (χ3v) is 4.42. The van der Waals surface area contributed by atoms with E-state index in [4.69, 9.17) is 5.73 Å².